The molecule has 0 spiro atoms. The minimum atomic E-state index is -0.857. The first-order valence-corrected chi connectivity index (χ1v) is 9.59. The average Bonchev–Trinajstić information content (AvgIpc) is 2.70. The van der Waals surface area contributed by atoms with Crippen LogP contribution < -0.4 is 5.32 Å². The third kappa shape index (κ3) is 5.14. The molecular weight excluding hydrogens is 400 g/mol. The molecule has 0 saturated heterocycles. The summed E-state index contributed by atoms with van der Waals surface area (Å²) in [5.74, 6) is -1.63. The molecule has 1 atom stereocenters. The number of alkyl halides is 1. The van der Waals surface area contributed by atoms with Crippen LogP contribution in [0.25, 0.3) is 0 Å². The topological polar surface area (TPSA) is 108 Å². The van der Waals surface area contributed by atoms with E-state index in [-0.39, 0.29) is 23.4 Å². The number of hydrogen-bond acceptors (Lipinski definition) is 7. The fourth-order valence-corrected chi connectivity index (χ4v) is 3.42. The SMILES string of the molecule is COC(=O)C1=C(C)NC(C)=C(C(=O)OCCCCCl)C1c1cccc([N+](=O)[O-])c1. The summed E-state index contributed by atoms with van der Waals surface area (Å²) in [6, 6.07) is 5.84. The van der Waals surface area contributed by atoms with Crippen LogP contribution in [0.3, 0.4) is 0 Å². The lowest BCUT2D eigenvalue weighted by atomic mass is 9.80. The minimum absolute atomic E-state index is 0.143. The molecule has 8 nitrogen and oxygen atoms in total. The maximum Gasteiger partial charge on any atom is 0.336 e. The number of ether oxygens (including phenoxy) is 2. The Morgan fingerprint density at radius 2 is 1.83 bits per heavy atom. The summed E-state index contributed by atoms with van der Waals surface area (Å²) in [6.07, 6.45) is 1.31. The number of carbonyl (C=O) groups is 2. The normalized spacial score (nSPS) is 16.3. The second kappa shape index (κ2) is 10.1. The minimum Gasteiger partial charge on any atom is -0.466 e. The van der Waals surface area contributed by atoms with Gasteiger partial charge in [0.15, 0.2) is 0 Å². The van der Waals surface area contributed by atoms with E-state index < -0.39 is 22.8 Å². The van der Waals surface area contributed by atoms with Crippen molar-refractivity contribution in [1.29, 1.82) is 0 Å². The lowest BCUT2D eigenvalue weighted by Gasteiger charge is -2.30. The van der Waals surface area contributed by atoms with Gasteiger partial charge in [0.1, 0.15) is 0 Å². The molecule has 0 amide bonds. The number of methoxy groups -OCH3 is 1. The van der Waals surface area contributed by atoms with Crippen molar-refractivity contribution < 1.29 is 24.0 Å². The van der Waals surface area contributed by atoms with Crippen molar-refractivity contribution in [2.24, 2.45) is 0 Å². The fraction of sp³-hybridized carbons (Fsp3) is 0.400. The third-order valence-corrected chi connectivity index (χ3v) is 4.83. The van der Waals surface area contributed by atoms with Crippen molar-refractivity contribution in [2.75, 3.05) is 19.6 Å². The molecule has 9 heteroatoms. The van der Waals surface area contributed by atoms with Gasteiger partial charge in [0.2, 0.25) is 0 Å². The van der Waals surface area contributed by atoms with Gasteiger partial charge < -0.3 is 14.8 Å². The number of esters is 2. The average molecular weight is 423 g/mol. The molecule has 1 aromatic rings. The monoisotopic (exact) mass is 422 g/mol. The summed E-state index contributed by atoms with van der Waals surface area (Å²) in [6.45, 7) is 3.56. The molecule has 0 fully saturated rings. The Bertz CT molecular complexity index is 877. The predicted molar refractivity (Wildman–Crippen MR) is 107 cm³/mol. The molecule has 1 heterocycles. The van der Waals surface area contributed by atoms with Crippen LogP contribution in [0.5, 0.6) is 0 Å². The number of halogens is 1. The number of nitrogens with one attached hydrogen (secondary N) is 1. The number of allylic oxidation sites excluding steroid dienone is 2. The van der Waals surface area contributed by atoms with E-state index in [1.54, 1.807) is 19.9 Å². The highest BCUT2D eigenvalue weighted by Crippen LogP contribution is 2.40. The number of rotatable bonds is 8. The summed E-state index contributed by atoms with van der Waals surface area (Å²) >= 11 is 5.65. The molecule has 29 heavy (non-hydrogen) atoms. The smallest absolute Gasteiger partial charge is 0.336 e. The quantitative estimate of drug-likeness (QED) is 0.224. The number of nitro benzene ring substituents is 1. The number of carbonyl (C=O) groups excluding carboxylic acids is 2. The molecule has 1 N–H and O–H groups in total. The first-order valence-electron chi connectivity index (χ1n) is 9.06. The van der Waals surface area contributed by atoms with Crippen LogP contribution in [-0.4, -0.2) is 36.5 Å². The lowest BCUT2D eigenvalue weighted by molar-refractivity contribution is -0.384. The number of dihydropyridines is 1. The molecular formula is C20H23ClN2O6. The number of nitro groups is 1. The number of hydrogen-bond donors (Lipinski definition) is 1. The highest BCUT2D eigenvalue weighted by atomic mass is 35.5. The molecule has 2 rings (SSSR count). The summed E-state index contributed by atoms with van der Waals surface area (Å²) in [7, 11) is 1.24. The van der Waals surface area contributed by atoms with Crippen LogP contribution in [0.2, 0.25) is 0 Å². The van der Waals surface area contributed by atoms with Crippen molar-refractivity contribution in [3.8, 4) is 0 Å². The van der Waals surface area contributed by atoms with Gasteiger partial charge >= 0.3 is 11.9 Å². The van der Waals surface area contributed by atoms with Gasteiger partial charge in [0, 0.05) is 29.4 Å². The van der Waals surface area contributed by atoms with Crippen molar-refractivity contribution in [2.45, 2.75) is 32.6 Å². The van der Waals surface area contributed by atoms with Gasteiger partial charge in [-0.25, -0.2) is 9.59 Å². The molecule has 0 aromatic heterocycles. The zero-order valence-corrected chi connectivity index (χ0v) is 17.2. The van der Waals surface area contributed by atoms with E-state index in [9.17, 15) is 19.7 Å². The van der Waals surface area contributed by atoms with Crippen LogP contribution in [0.4, 0.5) is 5.69 Å². The lowest BCUT2D eigenvalue weighted by Crippen LogP contribution is -2.32. The number of nitrogens with zero attached hydrogens (tertiary/aromatic N) is 1. The summed E-state index contributed by atoms with van der Waals surface area (Å²) in [4.78, 5) is 36.1. The Morgan fingerprint density at radius 3 is 2.41 bits per heavy atom. The van der Waals surface area contributed by atoms with Gasteiger partial charge in [0.25, 0.3) is 5.69 Å². The second-order valence-corrected chi connectivity index (χ2v) is 6.89. The zero-order chi connectivity index (χ0) is 21.6. The van der Waals surface area contributed by atoms with Crippen LogP contribution in [0.1, 0.15) is 38.2 Å². The summed E-state index contributed by atoms with van der Waals surface area (Å²) < 4.78 is 10.3. The molecule has 0 saturated carbocycles. The number of benzene rings is 1. The van der Waals surface area contributed by atoms with Crippen LogP contribution in [-0.2, 0) is 19.1 Å². The van der Waals surface area contributed by atoms with Crippen molar-refractivity contribution in [3.05, 3.63) is 62.5 Å². The van der Waals surface area contributed by atoms with Gasteiger partial charge in [-0.3, -0.25) is 10.1 Å². The van der Waals surface area contributed by atoms with Crippen molar-refractivity contribution in [1.82, 2.24) is 5.32 Å². The second-order valence-electron chi connectivity index (χ2n) is 6.51. The van der Waals surface area contributed by atoms with Crippen molar-refractivity contribution in [3.63, 3.8) is 0 Å². The van der Waals surface area contributed by atoms with E-state index in [4.69, 9.17) is 21.1 Å². The van der Waals surface area contributed by atoms with Crippen LogP contribution in [0, 0.1) is 10.1 Å². The van der Waals surface area contributed by atoms with Crippen molar-refractivity contribution >= 4 is 29.2 Å². The van der Waals surface area contributed by atoms with E-state index in [1.165, 1.54) is 25.3 Å². The van der Waals surface area contributed by atoms with E-state index in [2.05, 4.69) is 5.32 Å². The predicted octanol–water partition coefficient (Wildman–Crippen LogP) is 3.56. The van der Waals surface area contributed by atoms with E-state index in [1.807, 2.05) is 0 Å². The Labute approximate surface area is 173 Å². The summed E-state index contributed by atoms with van der Waals surface area (Å²) in [5, 5.41) is 14.2. The molecule has 0 aliphatic carbocycles. The number of non-ortho nitro benzene ring substituents is 1. The molecule has 1 aromatic carbocycles. The fourth-order valence-electron chi connectivity index (χ4n) is 3.24. The van der Waals surface area contributed by atoms with E-state index >= 15 is 0 Å². The Kier molecular flexibility index (Phi) is 7.78. The zero-order valence-electron chi connectivity index (χ0n) is 16.5. The van der Waals surface area contributed by atoms with Gasteiger partial charge in [0.05, 0.1) is 35.7 Å². The highest BCUT2D eigenvalue weighted by molar-refractivity contribution is 6.17. The van der Waals surface area contributed by atoms with E-state index in [0.29, 0.717) is 35.7 Å². The molecule has 1 unspecified atom stereocenters. The Balaban J connectivity index is 2.53. The van der Waals surface area contributed by atoms with E-state index in [0.717, 1.165) is 0 Å². The molecule has 156 valence electrons. The first-order chi connectivity index (χ1) is 13.8. The molecule has 1 aliphatic rings. The largest absolute Gasteiger partial charge is 0.466 e. The van der Waals surface area contributed by atoms with Crippen LogP contribution in [0.15, 0.2) is 46.8 Å². The molecule has 0 radical (unpaired) electrons. The first kappa shape index (κ1) is 22.4. The Hall–Kier alpha value is -2.87. The van der Waals surface area contributed by atoms with Gasteiger partial charge in [-0.1, -0.05) is 12.1 Å². The number of unbranched alkanes of at least 4 members (excludes halogenated alkanes) is 1. The summed E-state index contributed by atoms with van der Waals surface area (Å²) in [5.41, 5.74) is 1.70. The maximum atomic E-state index is 12.9. The highest BCUT2D eigenvalue weighted by Gasteiger charge is 2.38. The van der Waals surface area contributed by atoms with Gasteiger partial charge in [-0.05, 0) is 32.3 Å². The Morgan fingerprint density at radius 1 is 1.17 bits per heavy atom. The molecule has 1 aliphatic heterocycles. The van der Waals surface area contributed by atoms with Gasteiger partial charge in [-0.2, -0.15) is 0 Å². The standard InChI is InChI=1S/C20H23ClN2O6/c1-12-16(19(24)28-3)18(14-7-6-8-15(11-14)23(26)27)17(13(2)22-12)20(25)29-10-5-4-9-21/h6-8,11,18,22H,4-5,9-10H2,1-3H3. The maximum absolute atomic E-state index is 12.9. The molecule has 0 bridgehead atoms. The van der Waals surface area contributed by atoms with Gasteiger partial charge in [-0.15, -0.1) is 11.6 Å². The van der Waals surface area contributed by atoms with Crippen LogP contribution >= 0.6 is 11.6 Å². The third-order valence-electron chi connectivity index (χ3n) is 4.56.